The summed E-state index contributed by atoms with van der Waals surface area (Å²) in [6.07, 6.45) is 3.54. The summed E-state index contributed by atoms with van der Waals surface area (Å²) in [5, 5.41) is 9.19. The van der Waals surface area contributed by atoms with Crippen molar-refractivity contribution in [2.24, 2.45) is 5.73 Å². The quantitative estimate of drug-likeness (QED) is 0.516. The van der Waals surface area contributed by atoms with Crippen molar-refractivity contribution in [3.05, 3.63) is 72.1 Å². The summed E-state index contributed by atoms with van der Waals surface area (Å²) in [4.78, 5) is 12.2. The minimum atomic E-state index is -0.301. The van der Waals surface area contributed by atoms with Crippen LogP contribution < -0.4 is 10.3 Å². The van der Waals surface area contributed by atoms with Gasteiger partial charge >= 0.3 is 0 Å². The molecule has 0 bridgehead atoms. The molecule has 4 nitrogen and oxygen atoms in total. The van der Waals surface area contributed by atoms with Gasteiger partial charge in [-0.1, -0.05) is 36.4 Å². The summed E-state index contributed by atoms with van der Waals surface area (Å²) in [6.45, 7) is 0.0945. The average Bonchev–Trinajstić information content (AvgIpc) is 2.49. The van der Waals surface area contributed by atoms with Gasteiger partial charge < -0.3 is 5.73 Å². The Balaban J connectivity index is 2.29. The highest BCUT2D eigenvalue weighted by Crippen LogP contribution is 2.13. The van der Waals surface area contributed by atoms with E-state index in [0.29, 0.717) is 5.56 Å². The molecule has 0 atom stereocenters. The number of aromatic nitrogens is 1. The molecule has 0 aliphatic rings. The maximum Gasteiger partial charge on any atom is 0.240 e. The third kappa shape index (κ3) is 3.09. The fraction of sp³-hybridized carbons (Fsp3) is 0.0625. The summed E-state index contributed by atoms with van der Waals surface area (Å²) >= 11 is 0. The number of Topliss-reactive ketones (excluding diaryl/α,β-unsaturated/α-hetero) is 1. The Kier molecular flexibility index (Phi) is 4.25. The van der Waals surface area contributed by atoms with E-state index < -0.39 is 0 Å². The Hall–Kier alpha value is -2.93. The fourth-order valence-electron chi connectivity index (χ4n) is 1.82. The summed E-state index contributed by atoms with van der Waals surface area (Å²) in [5.41, 5.74) is 6.82. The van der Waals surface area contributed by atoms with Crippen molar-refractivity contribution in [1.82, 2.24) is 0 Å². The summed E-state index contributed by atoms with van der Waals surface area (Å²) in [5.74, 6) is -0.301. The van der Waals surface area contributed by atoms with E-state index in [1.54, 1.807) is 29.1 Å². The fourth-order valence-corrected chi connectivity index (χ4v) is 1.82. The van der Waals surface area contributed by atoms with Crippen LogP contribution in [0.4, 0.5) is 0 Å². The number of carbonyl (C=O) groups is 1. The molecule has 1 aromatic heterocycles. The smallest absolute Gasteiger partial charge is 0.240 e. The number of ketones is 1. The number of nitriles is 1. The zero-order chi connectivity index (χ0) is 14.4. The standard InChI is InChI=1S/C16H13N3O/c17-11-14(16(18)13-7-3-1-4-8-13)15(20)12-19-9-5-2-6-10-19/h1-10H,12H2,(H-,18,20)/p+1. The van der Waals surface area contributed by atoms with E-state index >= 15 is 0 Å². The van der Waals surface area contributed by atoms with E-state index in [9.17, 15) is 10.1 Å². The Morgan fingerprint density at radius 1 is 1.10 bits per heavy atom. The van der Waals surface area contributed by atoms with E-state index in [0.717, 1.165) is 0 Å². The van der Waals surface area contributed by atoms with Gasteiger partial charge in [-0.3, -0.25) is 4.79 Å². The van der Waals surface area contributed by atoms with Crippen LogP contribution in [0.15, 0.2) is 66.5 Å². The molecule has 0 saturated heterocycles. The first-order valence-electron chi connectivity index (χ1n) is 6.15. The molecule has 1 heterocycles. The van der Waals surface area contributed by atoms with Gasteiger partial charge in [-0.2, -0.15) is 9.83 Å². The molecule has 0 saturated carbocycles. The van der Waals surface area contributed by atoms with E-state index in [-0.39, 0.29) is 23.6 Å². The van der Waals surface area contributed by atoms with Gasteiger partial charge in [0, 0.05) is 12.1 Å². The molecule has 20 heavy (non-hydrogen) atoms. The minimum Gasteiger partial charge on any atom is -0.397 e. The lowest BCUT2D eigenvalue weighted by molar-refractivity contribution is -0.683. The Morgan fingerprint density at radius 2 is 1.70 bits per heavy atom. The van der Waals surface area contributed by atoms with Crippen LogP contribution in [0, 0.1) is 11.3 Å². The van der Waals surface area contributed by atoms with Gasteiger partial charge in [-0.25, -0.2) is 0 Å². The Labute approximate surface area is 117 Å². The highest BCUT2D eigenvalue weighted by atomic mass is 16.1. The molecule has 0 unspecified atom stereocenters. The van der Waals surface area contributed by atoms with Crippen molar-refractivity contribution in [3.8, 4) is 6.07 Å². The molecular formula is C16H14N3O+. The zero-order valence-electron chi connectivity index (χ0n) is 10.9. The Morgan fingerprint density at radius 3 is 2.30 bits per heavy atom. The van der Waals surface area contributed by atoms with Crippen LogP contribution in [0.3, 0.4) is 0 Å². The summed E-state index contributed by atoms with van der Waals surface area (Å²) in [6, 6.07) is 16.4. The number of pyridine rings is 1. The van der Waals surface area contributed by atoms with Gasteiger partial charge in [0.15, 0.2) is 12.4 Å². The molecule has 1 aromatic carbocycles. The number of rotatable bonds is 4. The first-order valence-corrected chi connectivity index (χ1v) is 6.15. The second-order valence-corrected chi connectivity index (χ2v) is 4.24. The summed E-state index contributed by atoms with van der Waals surface area (Å²) in [7, 11) is 0. The number of carbonyl (C=O) groups excluding carboxylic acids is 1. The lowest BCUT2D eigenvalue weighted by Crippen LogP contribution is -2.37. The summed E-state index contributed by atoms with van der Waals surface area (Å²) < 4.78 is 1.71. The van der Waals surface area contributed by atoms with Gasteiger partial charge in [0.2, 0.25) is 12.3 Å². The first-order chi connectivity index (χ1) is 9.72. The molecule has 98 valence electrons. The molecule has 0 aliphatic carbocycles. The number of allylic oxidation sites excluding steroid dienone is 1. The van der Waals surface area contributed by atoms with Crippen molar-refractivity contribution in [1.29, 1.82) is 5.26 Å². The number of hydrogen-bond donors (Lipinski definition) is 1. The van der Waals surface area contributed by atoms with Crippen LogP contribution >= 0.6 is 0 Å². The molecule has 2 aromatic rings. The average molecular weight is 264 g/mol. The largest absolute Gasteiger partial charge is 0.397 e. The lowest BCUT2D eigenvalue weighted by atomic mass is 10.0. The first kappa shape index (κ1) is 13.5. The topological polar surface area (TPSA) is 70.8 Å². The molecule has 4 heteroatoms. The van der Waals surface area contributed by atoms with Gasteiger partial charge in [0.25, 0.3) is 0 Å². The van der Waals surface area contributed by atoms with Crippen LogP contribution in [-0.2, 0) is 11.3 Å². The van der Waals surface area contributed by atoms with Crippen molar-refractivity contribution in [3.63, 3.8) is 0 Å². The highest BCUT2D eigenvalue weighted by molar-refractivity contribution is 6.04. The maximum atomic E-state index is 12.2. The van der Waals surface area contributed by atoms with Gasteiger partial charge in [-0.05, 0) is 5.56 Å². The van der Waals surface area contributed by atoms with E-state index in [1.807, 2.05) is 42.5 Å². The van der Waals surface area contributed by atoms with Crippen molar-refractivity contribution in [2.75, 3.05) is 0 Å². The number of nitrogens with zero attached hydrogens (tertiary/aromatic N) is 2. The van der Waals surface area contributed by atoms with Crippen LogP contribution in [-0.4, -0.2) is 5.78 Å². The molecule has 0 fully saturated rings. The van der Waals surface area contributed by atoms with E-state index in [4.69, 9.17) is 5.73 Å². The monoisotopic (exact) mass is 264 g/mol. The Bertz CT molecular complexity index is 670. The molecule has 0 aliphatic heterocycles. The molecular weight excluding hydrogens is 250 g/mol. The normalized spacial score (nSPS) is 11.3. The number of benzene rings is 1. The molecule has 0 amide bonds. The molecule has 0 spiro atoms. The second-order valence-electron chi connectivity index (χ2n) is 4.24. The van der Waals surface area contributed by atoms with Crippen molar-refractivity contribution in [2.45, 2.75) is 6.54 Å². The number of nitrogens with two attached hydrogens (primary N) is 1. The molecule has 2 N–H and O–H groups in total. The van der Waals surface area contributed by atoms with Gasteiger partial charge in [0.05, 0.1) is 5.70 Å². The number of hydrogen-bond acceptors (Lipinski definition) is 3. The second kappa shape index (κ2) is 6.30. The maximum absolute atomic E-state index is 12.2. The van der Waals surface area contributed by atoms with Crippen LogP contribution in [0.25, 0.3) is 5.70 Å². The van der Waals surface area contributed by atoms with E-state index in [1.165, 1.54) is 0 Å². The van der Waals surface area contributed by atoms with Crippen molar-refractivity contribution < 1.29 is 9.36 Å². The molecule has 2 rings (SSSR count). The minimum absolute atomic E-state index is 0.00690. The van der Waals surface area contributed by atoms with Crippen LogP contribution in [0.1, 0.15) is 5.56 Å². The van der Waals surface area contributed by atoms with Gasteiger partial charge in [0.1, 0.15) is 11.6 Å². The zero-order valence-corrected chi connectivity index (χ0v) is 10.9. The molecule has 0 radical (unpaired) electrons. The third-order valence-electron chi connectivity index (χ3n) is 2.85. The van der Waals surface area contributed by atoms with Crippen molar-refractivity contribution >= 4 is 11.5 Å². The predicted octanol–water partition coefficient (Wildman–Crippen LogP) is 1.44. The van der Waals surface area contributed by atoms with Crippen LogP contribution in [0.5, 0.6) is 0 Å². The lowest BCUT2D eigenvalue weighted by Gasteiger charge is -2.03. The third-order valence-corrected chi connectivity index (χ3v) is 2.85. The highest BCUT2D eigenvalue weighted by Gasteiger charge is 2.18. The van der Waals surface area contributed by atoms with Gasteiger partial charge in [-0.15, -0.1) is 0 Å². The van der Waals surface area contributed by atoms with Crippen LogP contribution in [0.2, 0.25) is 0 Å². The van der Waals surface area contributed by atoms with E-state index in [2.05, 4.69) is 0 Å². The SMILES string of the molecule is N#C/C(C(=O)C[n+]1ccccc1)=C(/N)c1ccccc1. The predicted molar refractivity (Wildman–Crippen MR) is 74.8 cm³/mol.